The second-order valence-electron chi connectivity index (χ2n) is 3.93. The van der Waals surface area contributed by atoms with Gasteiger partial charge >= 0.3 is 5.97 Å². The molecule has 0 aromatic heterocycles. The second-order valence-corrected chi connectivity index (χ2v) is 3.93. The van der Waals surface area contributed by atoms with Crippen molar-refractivity contribution in [2.75, 3.05) is 0 Å². The third-order valence-electron chi connectivity index (χ3n) is 2.85. The monoisotopic (exact) mass is 218 g/mol. The van der Waals surface area contributed by atoms with Gasteiger partial charge in [-0.05, 0) is 42.5 Å². The third kappa shape index (κ3) is 2.96. The molecule has 1 aromatic rings. The molecule has 86 valence electrons. The topological polar surface area (TPSA) is 37.3 Å². The number of benzene rings is 1. The van der Waals surface area contributed by atoms with Crippen LogP contribution in [0.5, 0.6) is 0 Å². The predicted molar refractivity (Wildman–Crippen MR) is 66.4 cm³/mol. The van der Waals surface area contributed by atoms with Crippen LogP contribution in [-0.2, 0) is 4.79 Å². The molecule has 0 unspecified atom stereocenters. The van der Waals surface area contributed by atoms with Crippen molar-refractivity contribution >= 4 is 11.5 Å². The Balaban J connectivity index is 3.08. The SMILES string of the molecule is CC/C(=C\CC(=O)O)c1cccc(C)c1C. The number of carboxylic acids is 1. The minimum Gasteiger partial charge on any atom is -0.481 e. The maximum atomic E-state index is 10.6. The summed E-state index contributed by atoms with van der Waals surface area (Å²) < 4.78 is 0. The van der Waals surface area contributed by atoms with Crippen LogP contribution in [-0.4, -0.2) is 11.1 Å². The molecular formula is C14H18O2. The lowest BCUT2D eigenvalue weighted by atomic mass is 9.95. The van der Waals surface area contributed by atoms with Gasteiger partial charge in [-0.2, -0.15) is 0 Å². The van der Waals surface area contributed by atoms with Gasteiger partial charge in [0, 0.05) is 0 Å². The molecule has 0 amide bonds. The lowest BCUT2D eigenvalue weighted by Crippen LogP contribution is -1.95. The van der Waals surface area contributed by atoms with Crippen LogP contribution < -0.4 is 0 Å². The van der Waals surface area contributed by atoms with E-state index in [2.05, 4.69) is 32.9 Å². The summed E-state index contributed by atoms with van der Waals surface area (Å²) in [6.07, 6.45) is 2.76. The van der Waals surface area contributed by atoms with Crippen molar-refractivity contribution in [3.63, 3.8) is 0 Å². The van der Waals surface area contributed by atoms with Gasteiger partial charge in [0.15, 0.2) is 0 Å². The fraction of sp³-hybridized carbons (Fsp3) is 0.357. The van der Waals surface area contributed by atoms with Crippen molar-refractivity contribution in [3.8, 4) is 0 Å². The Morgan fingerprint density at radius 1 is 1.38 bits per heavy atom. The summed E-state index contributed by atoms with van der Waals surface area (Å²) in [7, 11) is 0. The summed E-state index contributed by atoms with van der Waals surface area (Å²) in [5, 5.41) is 8.68. The van der Waals surface area contributed by atoms with Gasteiger partial charge in [0.05, 0.1) is 6.42 Å². The van der Waals surface area contributed by atoms with Crippen molar-refractivity contribution in [2.45, 2.75) is 33.6 Å². The van der Waals surface area contributed by atoms with E-state index in [9.17, 15) is 4.79 Å². The lowest BCUT2D eigenvalue weighted by molar-refractivity contribution is -0.135. The number of allylic oxidation sites excluding steroid dienone is 1. The summed E-state index contributed by atoms with van der Waals surface area (Å²) in [5.41, 5.74) is 4.76. The summed E-state index contributed by atoms with van der Waals surface area (Å²) in [6, 6.07) is 6.14. The molecule has 0 aliphatic heterocycles. The molecule has 0 aliphatic rings. The van der Waals surface area contributed by atoms with E-state index < -0.39 is 5.97 Å². The number of rotatable bonds is 4. The van der Waals surface area contributed by atoms with E-state index in [4.69, 9.17) is 5.11 Å². The zero-order valence-electron chi connectivity index (χ0n) is 10.1. The highest BCUT2D eigenvalue weighted by molar-refractivity contribution is 5.75. The fourth-order valence-electron chi connectivity index (χ4n) is 1.75. The van der Waals surface area contributed by atoms with Gasteiger partial charge in [-0.25, -0.2) is 0 Å². The summed E-state index contributed by atoms with van der Waals surface area (Å²) in [6.45, 7) is 6.20. The van der Waals surface area contributed by atoms with Crippen molar-refractivity contribution in [2.24, 2.45) is 0 Å². The molecule has 0 saturated carbocycles. The molecule has 2 heteroatoms. The average Bonchev–Trinajstić information content (AvgIpc) is 2.24. The largest absolute Gasteiger partial charge is 0.481 e. The van der Waals surface area contributed by atoms with Crippen LogP contribution in [0.3, 0.4) is 0 Å². The summed E-state index contributed by atoms with van der Waals surface area (Å²) in [5.74, 6) is -0.781. The van der Waals surface area contributed by atoms with Crippen LogP contribution >= 0.6 is 0 Å². The fourth-order valence-corrected chi connectivity index (χ4v) is 1.75. The highest BCUT2D eigenvalue weighted by Crippen LogP contribution is 2.24. The van der Waals surface area contributed by atoms with Crippen LogP contribution in [0.15, 0.2) is 24.3 Å². The van der Waals surface area contributed by atoms with Crippen molar-refractivity contribution < 1.29 is 9.90 Å². The Labute approximate surface area is 96.6 Å². The standard InChI is InChI=1S/C14H18O2/c1-4-12(8-9-14(15)16)13-7-5-6-10(2)11(13)3/h5-8H,4,9H2,1-3H3,(H,15,16)/b12-8+. The molecule has 1 N–H and O–H groups in total. The molecule has 0 spiro atoms. The molecule has 0 heterocycles. The molecule has 1 rings (SSSR count). The molecule has 1 aromatic carbocycles. The van der Waals surface area contributed by atoms with Gasteiger partial charge in [0.1, 0.15) is 0 Å². The van der Waals surface area contributed by atoms with Gasteiger partial charge in [0.2, 0.25) is 0 Å². The van der Waals surface area contributed by atoms with Crippen molar-refractivity contribution in [1.82, 2.24) is 0 Å². The van der Waals surface area contributed by atoms with E-state index in [0.717, 1.165) is 12.0 Å². The summed E-state index contributed by atoms with van der Waals surface area (Å²) in [4.78, 5) is 10.6. The van der Waals surface area contributed by atoms with E-state index >= 15 is 0 Å². The minimum atomic E-state index is -0.781. The third-order valence-corrected chi connectivity index (χ3v) is 2.85. The number of aryl methyl sites for hydroxylation is 1. The minimum absolute atomic E-state index is 0.0938. The zero-order valence-corrected chi connectivity index (χ0v) is 10.1. The Morgan fingerprint density at radius 2 is 2.06 bits per heavy atom. The lowest BCUT2D eigenvalue weighted by Gasteiger charge is -2.10. The first-order chi connectivity index (χ1) is 7.56. The molecule has 0 radical (unpaired) electrons. The Kier molecular flexibility index (Phi) is 4.29. The Hall–Kier alpha value is -1.57. The molecule has 0 aliphatic carbocycles. The highest BCUT2D eigenvalue weighted by Gasteiger charge is 2.05. The van der Waals surface area contributed by atoms with Crippen molar-refractivity contribution in [3.05, 3.63) is 41.0 Å². The number of carbonyl (C=O) groups is 1. The van der Waals surface area contributed by atoms with Gasteiger partial charge in [0.25, 0.3) is 0 Å². The number of carboxylic acid groups (broad SMARTS) is 1. The van der Waals surface area contributed by atoms with E-state index in [0.29, 0.717) is 0 Å². The second kappa shape index (κ2) is 5.50. The molecule has 16 heavy (non-hydrogen) atoms. The van der Waals surface area contributed by atoms with Crippen LogP contribution in [0.1, 0.15) is 36.5 Å². The molecule has 0 bridgehead atoms. The van der Waals surface area contributed by atoms with Crippen LogP contribution in [0.2, 0.25) is 0 Å². The van der Waals surface area contributed by atoms with Gasteiger partial charge < -0.3 is 5.11 Å². The molecular weight excluding hydrogens is 200 g/mol. The summed E-state index contributed by atoms with van der Waals surface area (Å²) >= 11 is 0. The van der Waals surface area contributed by atoms with E-state index in [1.54, 1.807) is 0 Å². The Bertz CT molecular complexity index is 417. The normalized spacial score (nSPS) is 11.6. The Morgan fingerprint density at radius 3 is 2.62 bits per heavy atom. The van der Waals surface area contributed by atoms with Crippen LogP contribution in [0.25, 0.3) is 5.57 Å². The average molecular weight is 218 g/mol. The first-order valence-electron chi connectivity index (χ1n) is 5.53. The van der Waals surface area contributed by atoms with Gasteiger partial charge in [-0.1, -0.05) is 31.2 Å². The smallest absolute Gasteiger partial charge is 0.307 e. The molecule has 0 atom stereocenters. The van der Waals surface area contributed by atoms with Crippen LogP contribution in [0.4, 0.5) is 0 Å². The predicted octanol–water partition coefficient (Wildman–Crippen LogP) is 3.57. The number of hydrogen-bond donors (Lipinski definition) is 1. The molecule has 0 saturated heterocycles. The first-order valence-corrected chi connectivity index (χ1v) is 5.53. The van der Waals surface area contributed by atoms with Gasteiger partial charge in [-0.3, -0.25) is 4.79 Å². The zero-order chi connectivity index (χ0) is 12.1. The number of hydrogen-bond acceptors (Lipinski definition) is 1. The van der Waals surface area contributed by atoms with Crippen molar-refractivity contribution in [1.29, 1.82) is 0 Å². The van der Waals surface area contributed by atoms with E-state index in [1.165, 1.54) is 16.7 Å². The first kappa shape index (κ1) is 12.5. The highest BCUT2D eigenvalue weighted by atomic mass is 16.4. The van der Waals surface area contributed by atoms with Crippen LogP contribution in [0, 0.1) is 13.8 Å². The molecule has 2 nitrogen and oxygen atoms in total. The molecule has 0 fully saturated rings. The maximum absolute atomic E-state index is 10.6. The van der Waals surface area contributed by atoms with E-state index in [1.807, 2.05) is 12.1 Å². The van der Waals surface area contributed by atoms with Gasteiger partial charge in [-0.15, -0.1) is 0 Å². The maximum Gasteiger partial charge on any atom is 0.307 e. The quantitative estimate of drug-likeness (QED) is 0.838. The van der Waals surface area contributed by atoms with E-state index in [-0.39, 0.29) is 6.42 Å². The number of aliphatic carboxylic acids is 1.